The Balaban J connectivity index is 2.72. The van der Waals surface area contributed by atoms with E-state index in [0.29, 0.717) is 5.69 Å². The first kappa shape index (κ1) is 10.8. The molecule has 1 aromatic rings. The summed E-state index contributed by atoms with van der Waals surface area (Å²) >= 11 is 5.90. The van der Waals surface area contributed by atoms with E-state index in [2.05, 4.69) is 5.32 Å². The smallest absolute Gasteiger partial charge is 0.184 e. The third-order valence-corrected chi connectivity index (χ3v) is 4.89. The normalized spacial score (nSPS) is 21.5. The van der Waals surface area contributed by atoms with Gasteiger partial charge in [-0.05, 0) is 26.0 Å². The third kappa shape index (κ3) is 1.84. The van der Waals surface area contributed by atoms with Gasteiger partial charge in [0.05, 0.1) is 16.5 Å². The number of hydrogen-bond acceptors (Lipinski definition) is 3. The summed E-state index contributed by atoms with van der Waals surface area (Å²) in [5, 5.41) is 3.46. The summed E-state index contributed by atoms with van der Waals surface area (Å²) in [6, 6.07) is 5.07. The van der Waals surface area contributed by atoms with Crippen LogP contribution in [-0.2, 0) is 9.84 Å². The van der Waals surface area contributed by atoms with Gasteiger partial charge >= 0.3 is 0 Å². The van der Waals surface area contributed by atoms with Crippen molar-refractivity contribution in [2.24, 2.45) is 0 Å². The average Bonchev–Trinajstić information content (AvgIpc) is 1.97. The zero-order chi connectivity index (χ0) is 11.3. The minimum Gasteiger partial charge on any atom is -0.378 e. The highest BCUT2D eigenvalue weighted by atomic mass is 35.5. The Labute approximate surface area is 94.4 Å². The molecule has 1 heterocycles. The maximum absolute atomic E-state index is 12.0. The first-order valence-corrected chi connectivity index (χ1v) is 6.64. The Morgan fingerprint density at radius 3 is 2.73 bits per heavy atom. The van der Waals surface area contributed by atoms with E-state index in [1.807, 2.05) is 13.8 Å². The number of nitrogens with one attached hydrogen (secondary N) is 1. The average molecular weight is 246 g/mol. The predicted octanol–water partition coefficient (Wildman–Crippen LogP) is 2.32. The van der Waals surface area contributed by atoms with E-state index in [1.54, 1.807) is 18.2 Å². The van der Waals surface area contributed by atoms with Gasteiger partial charge in [0, 0.05) is 5.54 Å². The highest BCUT2D eigenvalue weighted by Gasteiger charge is 2.36. The summed E-state index contributed by atoms with van der Waals surface area (Å²) in [7, 11) is -3.27. The number of benzene rings is 1. The number of halogens is 1. The molecule has 0 aromatic heterocycles. The lowest BCUT2D eigenvalue weighted by atomic mass is 10.1. The molecule has 0 saturated carbocycles. The Morgan fingerprint density at radius 2 is 2.07 bits per heavy atom. The van der Waals surface area contributed by atoms with Gasteiger partial charge in [0.25, 0.3) is 0 Å². The van der Waals surface area contributed by atoms with E-state index >= 15 is 0 Å². The van der Waals surface area contributed by atoms with Gasteiger partial charge in [0.1, 0.15) is 4.90 Å². The first-order valence-electron chi connectivity index (χ1n) is 4.61. The second kappa shape index (κ2) is 3.12. The highest BCUT2D eigenvalue weighted by molar-refractivity contribution is 7.91. The van der Waals surface area contributed by atoms with Crippen LogP contribution in [0.15, 0.2) is 23.1 Å². The molecule has 2 rings (SSSR count). The molecule has 0 radical (unpaired) electrons. The molecule has 1 aliphatic rings. The Kier molecular flexibility index (Phi) is 2.24. The van der Waals surface area contributed by atoms with Gasteiger partial charge < -0.3 is 5.32 Å². The van der Waals surface area contributed by atoms with Crippen LogP contribution in [0.4, 0.5) is 5.69 Å². The summed E-state index contributed by atoms with van der Waals surface area (Å²) in [5.41, 5.74) is 0.148. The Hall–Kier alpha value is -0.740. The van der Waals surface area contributed by atoms with Gasteiger partial charge in [-0.25, -0.2) is 8.42 Å². The first-order chi connectivity index (χ1) is 6.82. The molecule has 5 heteroatoms. The molecule has 0 fully saturated rings. The zero-order valence-corrected chi connectivity index (χ0v) is 10.1. The molecule has 0 atom stereocenters. The number of rotatable bonds is 0. The van der Waals surface area contributed by atoms with Crippen LogP contribution in [0.2, 0.25) is 5.02 Å². The SMILES string of the molecule is CC1(C)CS(=O)(=O)c2c(Cl)cccc2N1. The van der Waals surface area contributed by atoms with Crippen LogP contribution in [0, 0.1) is 0 Å². The van der Waals surface area contributed by atoms with E-state index in [1.165, 1.54) is 0 Å². The fraction of sp³-hybridized carbons (Fsp3) is 0.400. The molecule has 15 heavy (non-hydrogen) atoms. The molecule has 1 N–H and O–H groups in total. The van der Waals surface area contributed by atoms with E-state index in [0.717, 1.165) is 0 Å². The highest BCUT2D eigenvalue weighted by Crippen LogP contribution is 2.37. The van der Waals surface area contributed by atoms with Gasteiger partial charge in [-0.15, -0.1) is 0 Å². The van der Waals surface area contributed by atoms with Crippen LogP contribution in [0.5, 0.6) is 0 Å². The molecule has 0 saturated heterocycles. The molecule has 0 spiro atoms. The Bertz CT molecular complexity index is 508. The fourth-order valence-electron chi connectivity index (χ4n) is 1.87. The van der Waals surface area contributed by atoms with Gasteiger partial charge in [-0.1, -0.05) is 17.7 Å². The summed E-state index contributed by atoms with van der Waals surface area (Å²) in [6.45, 7) is 3.71. The number of fused-ring (bicyclic) bond motifs is 1. The molecular formula is C10H12ClNO2S. The summed E-state index contributed by atoms with van der Waals surface area (Å²) in [6.07, 6.45) is 0. The number of anilines is 1. The van der Waals surface area contributed by atoms with Crippen LogP contribution in [-0.4, -0.2) is 19.7 Å². The minimum atomic E-state index is -3.27. The standard InChI is InChI=1S/C10H12ClNO2S/c1-10(2)6-15(13,14)9-7(11)4-3-5-8(9)12-10/h3-5,12H,6H2,1-2H3. The summed E-state index contributed by atoms with van der Waals surface area (Å²) in [5.74, 6) is 0.0662. The van der Waals surface area contributed by atoms with Gasteiger partial charge in [0.15, 0.2) is 9.84 Å². The zero-order valence-electron chi connectivity index (χ0n) is 8.54. The maximum atomic E-state index is 12.0. The van der Waals surface area contributed by atoms with E-state index < -0.39 is 15.4 Å². The van der Waals surface area contributed by atoms with Crippen molar-refractivity contribution < 1.29 is 8.42 Å². The van der Waals surface area contributed by atoms with Crippen molar-refractivity contribution in [1.29, 1.82) is 0 Å². The van der Waals surface area contributed by atoms with Gasteiger partial charge in [-0.2, -0.15) is 0 Å². The largest absolute Gasteiger partial charge is 0.378 e. The molecule has 0 unspecified atom stereocenters. The summed E-state index contributed by atoms with van der Waals surface area (Å²) < 4.78 is 24.0. The minimum absolute atomic E-state index is 0.0662. The van der Waals surface area contributed by atoms with Crippen molar-refractivity contribution in [3.8, 4) is 0 Å². The lowest BCUT2D eigenvalue weighted by Gasteiger charge is -2.33. The van der Waals surface area contributed by atoms with Crippen molar-refractivity contribution in [2.45, 2.75) is 24.3 Å². The second-order valence-corrected chi connectivity index (χ2v) is 6.72. The van der Waals surface area contributed by atoms with Crippen molar-refractivity contribution in [3.05, 3.63) is 23.2 Å². The third-order valence-electron chi connectivity index (χ3n) is 2.30. The summed E-state index contributed by atoms with van der Waals surface area (Å²) in [4.78, 5) is 0.228. The fourth-order valence-corrected chi connectivity index (χ4v) is 4.38. The topological polar surface area (TPSA) is 46.2 Å². The quantitative estimate of drug-likeness (QED) is 0.763. The predicted molar refractivity (Wildman–Crippen MR) is 61.2 cm³/mol. The molecular weight excluding hydrogens is 234 g/mol. The van der Waals surface area contributed by atoms with Crippen molar-refractivity contribution >= 4 is 27.1 Å². The van der Waals surface area contributed by atoms with Crippen LogP contribution >= 0.6 is 11.6 Å². The van der Waals surface area contributed by atoms with Crippen LogP contribution in [0.1, 0.15) is 13.8 Å². The number of hydrogen-bond donors (Lipinski definition) is 1. The van der Waals surface area contributed by atoms with Gasteiger partial charge in [0.2, 0.25) is 0 Å². The monoisotopic (exact) mass is 245 g/mol. The second-order valence-electron chi connectivity index (χ2n) is 4.38. The number of sulfone groups is 1. The molecule has 1 aromatic carbocycles. The van der Waals surface area contributed by atoms with Crippen molar-refractivity contribution in [2.75, 3.05) is 11.1 Å². The van der Waals surface area contributed by atoms with Gasteiger partial charge in [-0.3, -0.25) is 0 Å². The molecule has 3 nitrogen and oxygen atoms in total. The van der Waals surface area contributed by atoms with Crippen LogP contribution < -0.4 is 5.32 Å². The molecule has 1 aliphatic heterocycles. The maximum Gasteiger partial charge on any atom is 0.184 e. The van der Waals surface area contributed by atoms with E-state index in [9.17, 15) is 8.42 Å². The Morgan fingerprint density at radius 1 is 1.40 bits per heavy atom. The van der Waals surface area contributed by atoms with E-state index in [4.69, 9.17) is 11.6 Å². The molecule has 0 aliphatic carbocycles. The van der Waals surface area contributed by atoms with Crippen LogP contribution in [0.25, 0.3) is 0 Å². The van der Waals surface area contributed by atoms with Crippen LogP contribution in [0.3, 0.4) is 0 Å². The molecule has 0 amide bonds. The van der Waals surface area contributed by atoms with Crippen molar-refractivity contribution in [3.63, 3.8) is 0 Å². The van der Waals surface area contributed by atoms with E-state index in [-0.39, 0.29) is 15.7 Å². The lowest BCUT2D eigenvalue weighted by molar-refractivity contribution is 0.556. The van der Waals surface area contributed by atoms with Crippen molar-refractivity contribution in [1.82, 2.24) is 0 Å². The molecule has 82 valence electrons. The lowest BCUT2D eigenvalue weighted by Crippen LogP contribution is -2.42. The molecule has 0 bridgehead atoms.